The van der Waals surface area contributed by atoms with E-state index in [0.29, 0.717) is 6.61 Å². The predicted molar refractivity (Wildman–Crippen MR) is 55.0 cm³/mol. The summed E-state index contributed by atoms with van der Waals surface area (Å²) in [7, 11) is 0. The number of rotatable bonds is 5. The molecular weight excluding hydrogens is 176 g/mol. The van der Waals surface area contributed by atoms with Gasteiger partial charge in [-0.2, -0.15) is 0 Å². The van der Waals surface area contributed by atoms with Crippen molar-refractivity contribution in [2.45, 2.75) is 18.8 Å². The molecule has 1 fully saturated rings. The van der Waals surface area contributed by atoms with Crippen molar-refractivity contribution < 1.29 is 9.47 Å². The number of hydrogen-bond acceptors (Lipinski definition) is 2. The second kappa shape index (κ2) is 4.40. The first-order valence-corrected chi connectivity index (χ1v) is 4.80. The molecule has 0 radical (unpaired) electrons. The Labute approximate surface area is 84.2 Å². The van der Waals surface area contributed by atoms with Gasteiger partial charge in [-0.05, 0) is 5.56 Å². The van der Waals surface area contributed by atoms with Crippen LogP contribution in [-0.4, -0.2) is 18.8 Å². The van der Waals surface area contributed by atoms with Gasteiger partial charge in [0.25, 0.3) is 0 Å². The number of hydrogen-bond donors (Lipinski definition) is 0. The second-order valence-electron chi connectivity index (χ2n) is 3.37. The van der Waals surface area contributed by atoms with E-state index in [1.165, 1.54) is 5.56 Å². The first-order valence-electron chi connectivity index (χ1n) is 4.80. The van der Waals surface area contributed by atoms with Crippen LogP contribution in [0.1, 0.15) is 5.56 Å². The summed E-state index contributed by atoms with van der Waals surface area (Å²) in [6.07, 6.45) is 2.08. The first kappa shape index (κ1) is 9.44. The van der Waals surface area contributed by atoms with Gasteiger partial charge in [0.1, 0.15) is 12.2 Å². The third kappa shape index (κ3) is 2.44. The zero-order valence-corrected chi connectivity index (χ0v) is 8.06. The van der Waals surface area contributed by atoms with Crippen molar-refractivity contribution in [1.82, 2.24) is 0 Å². The Hall–Kier alpha value is -1.12. The van der Waals surface area contributed by atoms with Crippen LogP contribution in [-0.2, 0) is 16.1 Å². The van der Waals surface area contributed by atoms with Gasteiger partial charge in [0.2, 0.25) is 0 Å². The highest BCUT2D eigenvalue weighted by Gasteiger charge is 2.31. The molecule has 0 bridgehead atoms. The summed E-state index contributed by atoms with van der Waals surface area (Å²) in [5.41, 5.74) is 1.18. The number of epoxide rings is 1. The zero-order chi connectivity index (χ0) is 9.80. The standard InChI is InChI=1S/C12H14O2/c1-2-11(12-9-14-12)13-8-10-6-4-3-5-7-10/h2-7,11-12H,1,8-9H2/t11?,12-/m1/s1. The van der Waals surface area contributed by atoms with Crippen molar-refractivity contribution in [2.75, 3.05) is 6.61 Å². The van der Waals surface area contributed by atoms with Crippen LogP contribution in [0.4, 0.5) is 0 Å². The average molecular weight is 190 g/mol. The van der Waals surface area contributed by atoms with Crippen molar-refractivity contribution in [3.8, 4) is 0 Å². The lowest BCUT2D eigenvalue weighted by Crippen LogP contribution is -2.16. The third-order valence-corrected chi connectivity index (χ3v) is 2.24. The Morgan fingerprint density at radius 3 is 2.79 bits per heavy atom. The summed E-state index contributed by atoms with van der Waals surface area (Å²) in [4.78, 5) is 0. The van der Waals surface area contributed by atoms with Crippen molar-refractivity contribution >= 4 is 0 Å². The highest BCUT2D eigenvalue weighted by molar-refractivity contribution is 5.13. The van der Waals surface area contributed by atoms with Crippen molar-refractivity contribution in [3.05, 3.63) is 48.6 Å². The van der Waals surface area contributed by atoms with Crippen molar-refractivity contribution in [3.63, 3.8) is 0 Å². The fourth-order valence-electron chi connectivity index (χ4n) is 1.34. The Bertz CT molecular complexity index is 290. The van der Waals surface area contributed by atoms with Crippen LogP contribution in [0, 0.1) is 0 Å². The van der Waals surface area contributed by atoms with Gasteiger partial charge in [-0.3, -0.25) is 0 Å². The largest absolute Gasteiger partial charge is 0.370 e. The van der Waals surface area contributed by atoms with Gasteiger partial charge in [0.05, 0.1) is 13.2 Å². The molecule has 2 heteroatoms. The molecule has 14 heavy (non-hydrogen) atoms. The maximum absolute atomic E-state index is 5.66. The van der Waals surface area contributed by atoms with Crippen LogP contribution in [0.15, 0.2) is 43.0 Å². The summed E-state index contributed by atoms with van der Waals surface area (Å²) >= 11 is 0. The minimum absolute atomic E-state index is 0.0372. The molecule has 1 aliphatic rings. The van der Waals surface area contributed by atoms with E-state index in [4.69, 9.17) is 9.47 Å². The molecule has 74 valence electrons. The summed E-state index contributed by atoms with van der Waals surface area (Å²) in [6, 6.07) is 10.1. The SMILES string of the molecule is C=CC(OCc1ccccc1)[C@H]1CO1. The normalized spacial score (nSPS) is 21.6. The minimum Gasteiger partial charge on any atom is -0.370 e. The van der Waals surface area contributed by atoms with E-state index in [9.17, 15) is 0 Å². The second-order valence-corrected chi connectivity index (χ2v) is 3.37. The molecule has 0 N–H and O–H groups in total. The molecule has 0 saturated carbocycles. The van der Waals surface area contributed by atoms with Crippen LogP contribution in [0.5, 0.6) is 0 Å². The number of benzene rings is 1. The van der Waals surface area contributed by atoms with Crippen LogP contribution < -0.4 is 0 Å². The highest BCUT2D eigenvalue weighted by atomic mass is 16.6. The van der Waals surface area contributed by atoms with Gasteiger partial charge in [-0.15, -0.1) is 6.58 Å². The van der Waals surface area contributed by atoms with E-state index in [0.717, 1.165) is 6.61 Å². The molecule has 2 atom stereocenters. The fraction of sp³-hybridized carbons (Fsp3) is 0.333. The molecule has 1 aliphatic heterocycles. The highest BCUT2D eigenvalue weighted by Crippen LogP contribution is 2.18. The summed E-state index contributed by atoms with van der Waals surface area (Å²) in [5.74, 6) is 0. The topological polar surface area (TPSA) is 21.8 Å². The van der Waals surface area contributed by atoms with Crippen LogP contribution in [0.2, 0.25) is 0 Å². The monoisotopic (exact) mass is 190 g/mol. The molecule has 1 saturated heterocycles. The molecule has 1 aromatic carbocycles. The minimum atomic E-state index is 0.0372. The molecular formula is C12H14O2. The molecule has 1 heterocycles. The van der Waals surface area contributed by atoms with E-state index in [1.807, 2.05) is 30.3 Å². The Balaban J connectivity index is 1.83. The zero-order valence-electron chi connectivity index (χ0n) is 8.06. The molecule has 0 aliphatic carbocycles. The summed E-state index contributed by atoms with van der Waals surface area (Å²) < 4.78 is 10.8. The Morgan fingerprint density at radius 2 is 2.21 bits per heavy atom. The quantitative estimate of drug-likeness (QED) is 0.524. The summed E-state index contributed by atoms with van der Waals surface area (Å²) in [5, 5.41) is 0. The smallest absolute Gasteiger partial charge is 0.111 e. The average Bonchev–Trinajstić information content (AvgIpc) is 3.05. The third-order valence-electron chi connectivity index (χ3n) is 2.24. The van der Waals surface area contributed by atoms with E-state index < -0.39 is 0 Å². The molecule has 0 aromatic heterocycles. The maximum atomic E-state index is 5.66. The number of ether oxygens (including phenoxy) is 2. The molecule has 2 rings (SSSR count). The lowest BCUT2D eigenvalue weighted by molar-refractivity contribution is 0.0528. The van der Waals surface area contributed by atoms with Gasteiger partial charge in [-0.25, -0.2) is 0 Å². The maximum Gasteiger partial charge on any atom is 0.111 e. The lowest BCUT2D eigenvalue weighted by Gasteiger charge is -2.10. The van der Waals surface area contributed by atoms with Crippen LogP contribution >= 0.6 is 0 Å². The van der Waals surface area contributed by atoms with E-state index in [-0.39, 0.29) is 12.2 Å². The van der Waals surface area contributed by atoms with Gasteiger partial charge in [-0.1, -0.05) is 36.4 Å². The first-order chi connectivity index (χ1) is 6.90. The predicted octanol–water partition coefficient (Wildman–Crippen LogP) is 2.16. The summed E-state index contributed by atoms with van der Waals surface area (Å²) in [6.45, 7) is 5.15. The van der Waals surface area contributed by atoms with Crippen LogP contribution in [0.3, 0.4) is 0 Å². The van der Waals surface area contributed by atoms with E-state index in [1.54, 1.807) is 6.08 Å². The van der Waals surface area contributed by atoms with Gasteiger partial charge >= 0.3 is 0 Å². The molecule has 1 aromatic rings. The van der Waals surface area contributed by atoms with E-state index >= 15 is 0 Å². The van der Waals surface area contributed by atoms with Gasteiger partial charge < -0.3 is 9.47 Å². The van der Waals surface area contributed by atoms with Gasteiger partial charge in [0, 0.05) is 0 Å². The molecule has 1 unspecified atom stereocenters. The van der Waals surface area contributed by atoms with E-state index in [2.05, 4.69) is 6.58 Å². The Morgan fingerprint density at radius 1 is 1.50 bits per heavy atom. The Kier molecular flexibility index (Phi) is 2.96. The molecule has 2 nitrogen and oxygen atoms in total. The van der Waals surface area contributed by atoms with Crippen molar-refractivity contribution in [1.29, 1.82) is 0 Å². The fourth-order valence-corrected chi connectivity index (χ4v) is 1.34. The van der Waals surface area contributed by atoms with Crippen LogP contribution in [0.25, 0.3) is 0 Å². The van der Waals surface area contributed by atoms with Gasteiger partial charge in [0.15, 0.2) is 0 Å². The molecule has 0 spiro atoms. The lowest BCUT2D eigenvalue weighted by atomic mass is 10.2. The molecule has 0 amide bonds. The van der Waals surface area contributed by atoms with Crippen molar-refractivity contribution in [2.24, 2.45) is 0 Å².